The molecule has 0 bridgehead atoms. The van der Waals surface area contributed by atoms with Gasteiger partial charge in [-0.05, 0) is 36.9 Å². The van der Waals surface area contributed by atoms with Crippen LogP contribution < -0.4 is 0 Å². The van der Waals surface area contributed by atoms with Crippen molar-refractivity contribution in [2.45, 2.75) is 13.8 Å². The van der Waals surface area contributed by atoms with Gasteiger partial charge in [-0.15, -0.1) is 0 Å². The molecule has 1 N–H and O–H groups in total. The van der Waals surface area contributed by atoms with Crippen molar-refractivity contribution in [3.8, 4) is 11.1 Å². The van der Waals surface area contributed by atoms with Gasteiger partial charge >= 0.3 is 0 Å². The molecule has 3 aromatic rings. The Morgan fingerprint density at radius 1 is 1.18 bits per heavy atom. The van der Waals surface area contributed by atoms with E-state index in [2.05, 4.69) is 47.5 Å². The molecular weight excluding hydrogens is 210 g/mol. The van der Waals surface area contributed by atoms with Gasteiger partial charge in [0.15, 0.2) is 0 Å². The van der Waals surface area contributed by atoms with Crippen molar-refractivity contribution < 1.29 is 0 Å². The largest absolute Gasteiger partial charge is 0.359 e. The summed E-state index contributed by atoms with van der Waals surface area (Å²) in [4.78, 5) is 3.37. The molecule has 86 valence electrons. The first-order valence-corrected chi connectivity index (χ1v) is 5.73. The zero-order chi connectivity index (χ0) is 12.0. The maximum Gasteiger partial charge on any atom is 0.0671 e. The zero-order valence-corrected chi connectivity index (χ0v) is 10.3. The molecule has 17 heavy (non-hydrogen) atoms. The molecule has 0 unspecified atom stereocenters. The van der Waals surface area contributed by atoms with E-state index in [1.54, 1.807) is 0 Å². The highest BCUT2D eigenvalue weighted by atomic mass is 15.2. The summed E-state index contributed by atoms with van der Waals surface area (Å²) in [7, 11) is 1.95. The average molecular weight is 225 g/mol. The van der Waals surface area contributed by atoms with Crippen molar-refractivity contribution in [3.63, 3.8) is 0 Å². The van der Waals surface area contributed by atoms with Gasteiger partial charge in [0.25, 0.3) is 0 Å². The molecule has 0 saturated heterocycles. The van der Waals surface area contributed by atoms with Crippen LogP contribution in [0.5, 0.6) is 0 Å². The summed E-state index contributed by atoms with van der Waals surface area (Å²) in [6.45, 7) is 4.12. The van der Waals surface area contributed by atoms with Gasteiger partial charge in [-0.3, -0.25) is 4.68 Å². The normalized spacial score (nSPS) is 11.2. The number of hydrogen-bond acceptors (Lipinski definition) is 1. The fourth-order valence-corrected chi connectivity index (χ4v) is 2.32. The van der Waals surface area contributed by atoms with Gasteiger partial charge in [-0.25, -0.2) is 0 Å². The molecule has 0 aliphatic rings. The first-order valence-electron chi connectivity index (χ1n) is 5.73. The molecule has 0 fully saturated rings. The van der Waals surface area contributed by atoms with Crippen LogP contribution in [0.15, 0.2) is 30.5 Å². The highest BCUT2D eigenvalue weighted by Crippen LogP contribution is 2.26. The Morgan fingerprint density at radius 2 is 2.00 bits per heavy atom. The van der Waals surface area contributed by atoms with Crippen LogP contribution in [0.25, 0.3) is 22.0 Å². The van der Waals surface area contributed by atoms with Crippen molar-refractivity contribution in [2.75, 3.05) is 0 Å². The Bertz CT molecular complexity index is 689. The van der Waals surface area contributed by atoms with Gasteiger partial charge < -0.3 is 4.98 Å². The molecule has 3 heteroatoms. The minimum atomic E-state index is 1.06. The van der Waals surface area contributed by atoms with Crippen LogP contribution in [0.4, 0.5) is 0 Å². The maximum atomic E-state index is 4.38. The summed E-state index contributed by atoms with van der Waals surface area (Å²) in [5, 5.41) is 5.64. The van der Waals surface area contributed by atoms with E-state index < -0.39 is 0 Å². The molecule has 0 aliphatic carbocycles. The van der Waals surface area contributed by atoms with Crippen LogP contribution >= 0.6 is 0 Å². The summed E-state index contributed by atoms with van der Waals surface area (Å²) in [5.74, 6) is 0. The van der Waals surface area contributed by atoms with E-state index in [4.69, 9.17) is 0 Å². The molecule has 3 rings (SSSR count). The Labute approximate surface area is 100 Å². The lowest BCUT2D eigenvalue weighted by Gasteiger charge is -1.99. The lowest BCUT2D eigenvalue weighted by Crippen LogP contribution is -1.86. The topological polar surface area (TPSA) is 33.6 Å². The Balaban J connectivity index is 2.20. The smallest absolute Gasteiger partial charge is 0.0671 e. The van der Waals surface area contributed by atoms with Gasteiger partial charge in [0, 0.05) is 30.0 Å². The van der Waals surface area contributed by atoms with Crippen LogP contribution in [-0.2, 0) is 7.05 Å². The summed E-state index contributed by atoms with van der Waals surface area (Å²) in [6, 6.07) is 8.65. The Kier molecular flexibility index (Phi) is 2.08. The van der Waals surface area contributed by atoms with Gasteiger partial charge in [0.05, 0.1) is 5.69 Å². The van der Waals surface area contributed by atoms with E-state index >= 15 is 0 Å². The molecule has 0 aliphatic heterocycles. The van der Waals surface area contributed by atoms with E-state index in [0.717, 1.165) is 5.69 Å². The fraction of sp³-hybridized carbons (Fsp3) is 0.214. The lowest BCUT2D eigenvalue weighted by molar-refractivity contribution is 0.756. The average Bonchev–Trinajstić information content (AvgIpc) is 2.78. The first kappa shape index (κ1) is 10.1. The Hall–Kier alpha value is -2.03. The molecule has 2 aromatic heterocycles. The number of nitrogens with zero attached hydrogens (tertiary/aromatic N) is 2. The standard InChI is InChI=1S/C14H15N3/c1-9-6-12-5-4-11(7-14(12)15-9)13-8-17(3)16-10(13)2/h4-8,15H,1-3H3. The molecule has 0 amide bonds. The van der Waals surface area contributed by atoms with E-state index in [0.29, 0.717) is 0 Å². The van der Waals surface area contributed by atoms with Crippen molar-refractivity contribution in [3.05, 3.63) is 41.9 Å². The molecule has 1 aromatic carbocycles. The molecule has 2 heterocycles. The number of fused-ring (bicyclic) bond motifs is 1. The molecule has 0 radical (unpaired) electrons. The summed E-state index contributed by atoms with van der Waals surface area (Å²) >= 11 is 0. The van der Waals surface area contributed by atoms with Gasteiger partial charge in [0.2, 0.25) is 0 Å². The number of aromatic amines is 1. The molecule has 3 nitrogen and oxygen atoms in total. The third-order valence-electron chi connectivity index (χ3n) is 3.08. The second kappa shape index (κ2) is 3.48. The zero-order valence-electron chi connectivity index (χ0n) is 10.3. The fourth-order valence-electron chi connectivity index (χ4n) is 2.32. The number of rotatable bonds is 1. The number of nitrogens with one attached hydrogen (secondary N) is 1. The maximum absolute atomic E-state index is 4.38. The first-order chi connectivity index (χ1) is 8.13. The second-order valence-corrected chi connectivity index (χ2v) is 4.56. The minimum Gasteiger partial charge on any atom is -0.359 e. The van der Waals surface area contributed by atoms with Crippen LogP contribution in [-0.4, -0.2) is 14.8 Å². The van der Waals surface area contributed by atoms with E-state index in [1.807, 2.05) is 18.7 Å². The highest BCUT2D eigenvalue weighted by Gasteiger charge is 2.07. The Morgan fingerprint density at radius 3 is 2.71 bits per heavy atom. The third-order valence-corrected chi connectivity index (χ3v) is 3.08. The van der Waals surface area contributed by atoms with Crippen molar-refractivity contribution in [1.82, 2.24) is 14.8 Å². The van der Waals surface area contributed by atoms with Gasteiger partial charge in [0.1, 0.15) is 0 Å². The van der Waals surface area contributed by atoms with Crippen molar-refractivity contribution in [2.24, 2.45) is 7.05 Å². The summed E-state index contributed by atoms with van der Waals surface area (Å²) in [5.41, 5.74) is 5.85. The number of H-pyrrole nitrogens is 1. The van der Waals surface area contributed by atoms with Crippen LogP contribution in [0.1, 0.15) is 11.4 Å². The second-order valence-electron chi connectivity index (χ2n) is 4.56. The van der Waals surface area contributed by atoms with Crippen LogP contribution in [0.3, 0.4) is 0 Å². The monoisotopic (exact) mass is 225 g/mol. The molecular formula is C14H15N3. The van der Waals surface area contributed by atoms with Crippen molar-refractivity contribution in [1.29, 1.82) is 0 Å². The van der Waals surface area contributed by atoms with Gasteiger partial charge in [-0.2, -0.15) is 5.10 Å². The summed E-state index contributed by atoms with van der Waals surface area (Å²) in [6.07, 6.45) is 2.06. The summed E-state index contributed by atoms with van der Waals surface area (Å²) < 4.78 is 1.86. The SMILES string of the molecule is Cc1cc2ccc(-c3cn(C)nc3C)cc2[nH]1. The predicted molar refractivity (Wildman–Crippen MR) is 70.0 cm³/mol. The predicted octanol–water partition coefficient (Wildman–Crippen LogP) is 3.19. The third kappa shape index (κ3) is 1.64. The number of aryl methyl sites for hydroxylation is 3. The number of benzene rings is 1. The lowest BCUT2D eigenvalue weighted by atomic mass is 10.1. The minimum absolute atomic E-state index is 1.06. The molecule has 0 spiro atoms. The van der Waals surface area contributed by atoms with E-state index in [1.165, 1.54) is 27.7 Å². The number of hydrogen-bond donors (Lipinski definition) is 1. The molecule has 0 saturated carbocycles. The van der Waals surface area contributed by atoms with E-state index in [9.17, 15) is 0 Å². The quantitative estimate of drug-likeness (QED) is 0.678. The highest BCUT2D eigenvalue weighted by molar-refractivity contribution is 5.85. The molecule has 0 atom stereocenters. The van der Waals surface area contributed by atoms with Crippen LogP contribution in [0, 0.1) is 13.8 Å². The van der Waals surface area contributed by atoms with Gasteiger partial charge in [-0.1, -0.05) is 12.1 Å². The van der Waals surface area contributed by atoms with E-state index in [-0.39, 0.29) is 0 Å². The van der Waals surface area contributed by atoms with Crippen molar-refractivity contribution >= 4 is 10.9 Å². The van der Waals surface area contributed by atoms with Crippen LogP contribution in [0.2, 0.25) is 0 Å². The number of aromatic nitrogens is 3.